The fraction of sp³-hybridized carbons (Fsp3) is 0.118. The van der Waals surface area contributed by atoms with E-state index in [4.69, 9.17) is 9.47 Å². The average molecular weight is 323 g/mol. The van der Waals surface area contributed by atoms with Crippen LogP contribution in [0.2, 0.25) is 0 Å². The van der Waals surface area contributed by atoms with E-state index in [9.17, 15) is 0 Å². The van der Waals surface area contributed by atoms with Crippen LogP contribution in [0.1, 0.15) is 0 Å². The molecule has 0 unspecified atom stereocenters. The molecule has 0 fully saturated rings. The number of anilines is 4. The van der Waals surface area contributed by atoms with Crippen LogP contribution in [0.3, 0.4) is 0 Å². The highest BCUT2D eigenvalue weighted by Gasteiger charge is 2.07. The maximum Gasteiger partial charge on any atom is 0.249 e. The van der Waals surface area contributed by atoms with Gasteiger partial charge in [-0.25, -0.2) is 0 Å². The normalized spacial score (nSPS) is 10.1. The zero-order valence-electron chi connectivity index (χ0n) is 13.4. The van der Waals surface area contributed by atoms with Crippen LogP contribution in [0, 0.1) is 0 Å². The molecule has 24 heavy (non-hydrogen) atoms. The van der Waals surface area contributed by atoms with E-state index >= 15 is 0 Å². The van der Waals surface area contributed by atoms with E-state index < -0.39 is 0 Å². The molecule has 0 aliphatic carbocycles. The van der Waals surface area contributed by atoms with Gasteiger partial charge in [-0.05, 0) is 24.3 Å². The Bertz CT molecular complexity index is 811. The highest BCUT2D eigenvalue weighted by atomic mass is 16.5. The van der Waals surface area contributed by atoms with Gasteiger partial charge in [0.2, 0.25) is 5.95 Å². The van der Waals surface area contributed by atoms with E-state index in [0.29, 0.717) is 23.3 Å². The molecule has 7 nitrogen and oxygen atoms in total. The third-order valence-corrected chi connectivity index (χ3v) is 3.24. The van der Waals surface area contributed by atoms with Crippen LogP contribution in [0.25, 0.3) is 0 Å². The Morgan fingerprint density at radius 3 is 2.38 bits per heavy atom. The van der Waals surface area contributed by atoms with Crippen molar-refractivity contribution in [2.45, 2.75) is 0 Å². The first kappa shape index (κ1) is 15.5. The molecule has 122 valence electrons. The van der Waals surface area contributed by atoms with Crippen LogP contribution in [0.15, 0.2) is 54.7 Å². The molecule has 1 heterocycles. The smallest absolute Gasteiger partial charge is 0.249 e. The predicted octanol–water partition coefficient (Wildman–Crippen LogP) is 3.38. The Balaban J connectivity index is 1.77. The Labute approximate surface area is 139 Å². The fourth-order valence-corrected chi connectivity index (χ4v) is 2.13. The van der Waals surface area contributed by atoms with Gasteiger partial charge in [0, 0.05) is 17.4 Å². The van der Waals surface area contributed by atoms with Gasteiger partial charge in [0.15, 0.2) is 17.3 Å². The van der Waals surface area contributed by atoms with Gasteiger partial charge in [-0.3, -0.25) is 0 Å². The molecule has 0 atom stereocenters. The molecule has 0 aliphatic rings. The van der Waals surface area contributed by atoms with E-state index in [0.717, 1.165) is 11.4 Å². The van der Waals surface area contributed by atoms with Crippen LogP contribution in [-0.4, -0.2) is 29.4 Å². The number of nitrogens with zero attached hydrogens (tertiary/aromatic N) is 3. The van der Waals surface area contributed by atoms with Crippen LogP contribution in [-0.2, 0) is 0 Å². The quantitative estimate of drug-likeness (QED) is 0.719. The van der Waals surface area contributed by atoms with Crippen molar-refractivity contribution >= 4 is 23.1 Å². The topological polar surface area (TPSA) is 81.2 Å². The summed E-state index contributed by atoms with van der Waals surface area (Å²) in [5.41, 5.74) is 1.70. The number of para-hydroxylation sites is 1. The predicted molar refractivity (Wildman–Crippen MR) is 92.4 cm³/mol. The minimum Gasteiger partial charge on any atom is -0.493 e. The third-order valence-electron chi connectivity index (χ3n) is 3.24. The maximum atomic E-state index is 5.28. The Morgan fingerprint density at radius 2 is 1.62 bits per heavy atom. The molecule has 2 N–H and O–H groups in total. The second kappa shape index (κ2) is 7.28. The summed E-state index contributed by atoms with van der Waals surface area (Å²) in [4.78, 5) is 4.39. The van der Waals surface area contributed by atoms with E-state index in [1.165, 1.54) is 0 Å². The van der Waals surface area contributed by atoms with Gasteiger partial charge in [-0.2, -0.15) is 10.1 Å². The SMILES string of the molecule is COc1ccc(Nc2nncc(Nc3ccccc3)n2)cc1OC. The number of hydrogen-bond acceptors (Lipinski definition) is 7. The molecule has 0 saturated carbocycles. The molecule has 7 heteroatoms. The van der Waals surface area contributed by atoms with Gasteiger partial charge in [0.1, 0.15) is 0 Å². The van der Waals surface area contributed by atoms with Crippen LogP contribution < -0.4 is 20.1 Å². The summed E-state index contributed by atoms with van der Waals surface area (Å²) in [5, 5.41) is 14.2. The molecule has 1 aromatic heterocycles. The standard InChI is InChI=1S/C17H17N5O2/c1-23-14-9-8-13(10-15(14)24-2)20-17-21-16(11-18-22-17)19-12-6-4-3-5-7-12/h3-11H,1-2H3,(H2,19,20,21,22). The van der Waals surface area contributed by atoms with Crippen LogP contribution >= 0.6 is 0 Å². The summed E-state index contributed by atoms with van der Waals surface area (Å²) < 4.78 is 10.5. The maximum absolute atomic E-state index is 5.28. The van der Waals surface area contributed by atoms with E-state index in [2.05, 4.69) is 25.8 Å². The second-order valence-electron chi connectivity index (χ2n) is 4.85. The van der Waals surface area contributed by atoms with Gasteiger partial charge in [0.05, 0.1) is 20.4 Å². The third kappa shape index (κ3) is 3.70. The number of benzene rings is 2. The largest absolute Gasteiger partial charge is 0.493 e. The number of hydrogen-bond donors (Lipinski definition) is 2. The first-order valence-electron chi connectivity index (χ1n) is 7.29. The molecule has 0 bridgehead atoms. The summed E-state index contributed by atoms with van der Waals surface area (Å²) in [6.07, 6.45) is 1.56. The minimum atomic E-state index is 0.378. The van der Waals surface area contributed by atoms with Crippen LogP contribution in [0.5, 0.6) is 11.5 Å². The van der Waals surface area contributed by atoms with Crippen molar-refractivity contribution in [1.29, 1.82) is 0 Å². The molecule has 2 aromatic carbocycles. The Hall–Kier alpha value is -3.35. The van der Waals surface area contributed by atoms with Gasteiger partial charge >= 0.3 is 0 Å². The van der Waals surface area contributed by atoms with Crippen molar-refractivity contribution in [3.63, 3.8) is 0 Å². The van der Waals surface area contributed by atoms with Crippen molar-refractivity contribution in [2.75, 3.05) is 24.9 Å². The Morgan fingerprint density at radius 1 is 0.833 bits per heavy atom. The molecule has 3 aromatic rings. The van der Waals surface area contributed by atoms with Crippen LogP contribution in [0.4, 0.5) is 23.1 Å². The van der Waals surface area contributed by atoms with Gasteiger partial charge in [-0.15, -0.1) is 5.10 Å². The molecule has 3 rings (SSSR count). The first-order chi connectivity index (χ1) is 11.8. The average Bonchev–Trinajstić information content (AvgIpc) is 2.63. The van der Waals surface area contributed by atoms with Crippen molar-refractivity contribution in [3.05, 3.63) is 54.7 Å². The minimum absolute atomic E-state index is 0.378. The van der Waals surface area contributed by atoms with Crippen molar-refractivity contribution < 1.29 is 9.47 Å². The lowest BCUT2D eigenvalue weighted by atomic mass is 10.3. The lowest BCUT2D eigenvalue weighted by Crippen LogP contribution is -2.02. The lowest BCUT2D eigenvalue weighted by Gasteiger charge is -2.11. The number of rotatable bonds is 6. The fourth-order valence-electron chi connectivity index (χ4n) is 2.13. The van der Waals surface area contributed by atoms with E-state index in [-0.39, 0.29) is 0 Å². The molecule has 0 radical (unpaired) electrons. The van der Waals surface area contributed by atoms with Gasteiger partial charge in [0.25, 0.3) is 0 Å². The van der Waals surface area contributed by atoms with Crippen molar-refractivity contribution in [3.8, 4) is 11.5 Å². The van der Waals surface area contributed by atoms with E-state index in [1.54, 1.807) is 32.5 Å². The highest BCUT2D eigenvalue weighted by Crippen LogP contribution is 2.30. The number of nitrogens with one attached hydrogen (secondary N) is 2. The molecule has 0 aliphatic heterocycles. The second-order valence-corrected chi connectivity index (χ2v) is 4.85. The lowest BCUT2D eigenvalue weighted by molar-refractivity contribution is 0.355. The summed E-state index contributed by atoms with van der Waals surface area (Å²) in [7, 11) is 3.18. The van der Waals surface area contributed by atoms with Crippen molar-refractivity contribution in [1.82, 2.24) is 15.2 Å². The zero-order valence-corrected chi connectivity index (χ0v) is 13.4. The monoisotopic (exact) mass is 323 g/mol. The summed E-state index contributed by atoms with van der Waals surface area (Å²) in [6, 6.07) is 15.2. The van der Waals surface area contributed by atoms with E-state index in [1.807, 2.05) is 36.4 Å². The molecule has 0 amide bonds. The highest BCUT2D eigenvalue weighted by molar-refractivity contribution is 5.61. The Kier molecular flexibility index (Phi) is 4.71. The summed E-state index contributed by atoms with van der Waals surface area (Å²) >= 11 is 0. The molecular formula is C17H17N5O2. The summed E-state index contributed by atoms with van der Waals surface area (Å²) in [5.74, 6) is 2.25. The molecule has 0 saturated heterocycles. The first-order valence-corrected chi connectivity index (χ1v) is 7.29. The number of ether oxygens (including phenoxy) is 2. The zero-order chi connectivity index (χ0) is 16.8. The number of aromatic nitrogens is 3. The van der Waals surface area contributed by atoms with Gasteiger partial charge in [-0.1, -0.05) is 18.2 Å². The molecular weight excluding hydrogens is 306 g/mol. The van der Waals surface area contributed by atoms with Crippen molar-refractivity contribution in [2.24, 2.45) is 0 Å². The summed E-state index contributed by atoms with van der Waals surface area (Å²) in [6.45, 7) is 0. The number of methoxy groups -OCH3 is 2. The molecule has 0 spiro atoms. The van der Waals surface area contributed by atoms with Gasteiger partial charge < -0.3 is 20.1 Å².